The second-order valence-electron chi connectivity index (χ2n) is 19.4. The number of hydrogen-bond donors (Lipinski definition) is 3. The third-order valence-electron chi connectivity index (χ3n) is 15.9. The molecule has 4 saturated carbocycles. The van der Waals surface area contributed by atoms with Crippen molar-refractivity contribution in [2.45, 2.75) is 137 Å². The van der Waals surface area contributed by atoms with Gasteiger partial charge < -0.3 is 25.0 Å². The van der Waals surface area contributed by atoms with E-state index in [9.17, 15) is 19.8 Å². The molecule has 0 heterocycles. The van der Waals surface area contributed by atoms with Gasteiger partial charge in [0.1, 0.15) is 11.1 Å². The van der Waals surface area contributed by atoms with Crippen LogP contribution in [0, 0.1) is 52.3 Å². The van der Waals surface area contributed by atoms with Crippen molar-refractivity contribution in [2.75, 3.05) is 20.8 Å². The van der Waals surface area contributed by atoms with Crippen LogP contribution < -0.4 is 14.8 Å². The number of benzene rings is 2. The van der Waals surface area contributed by atoms with Gasteiger partial charge in [-0.3, -0.25) is 0 Å². The van der Waals surface area contributed by atoms with Crippen LogP contribution in [0.15, 0.2) is 30.3 Å². The minimum absolute atomic E-state index is 0.0694. The molecule has 2 aromatic rings. The Bertz CT molecular complexity index is 1750. The number of hydrogen-bond acceptors (Lipinski definition) is 5. The number of nitrogens with one attached hydrogen (secondary N) is 1. The molecule has 4 aliphatic carbocycles. The Labute approximate surface area is 358 Å². The van der Waals surface area contributed by atoms with Gasteiger partial charge in [-0.15, -0.1) is 0 Å². The van der Waals surface area contributed by atoms with Crippen LogP contribution in [0.4, 0.5) is 0 Å². The molecule has 0 bridgehead atoms. The van der Waals surface area contributed by atoms with Gasteiger partial charge in [-0.05, 0) is 177 Å². The van der Waals surface area contributed by atoms with Crippen LogP contribution in [0.2, 0.25) is 10.0 Å². The van der Waals surface area contributed by atoms with Gasteiger partial charge in [0.2, 0.25) is 0 Å². The first-order valence-electron chi connectivity index (χ1n) is 22.3. The lowest BCUT2D eigenvalue weighted by molar-refractivity contribution is -0.118. The Morgan fingerprint density at radius 3 is 1.98 bits per heavy atom. The van der Waals surface area contributed by atoms with E-state index in [0.717, 1.165) is 60.8 Å². The fourth-order valence-electron chi connectivity index (χ4n) is 12.9. The van der Waals surface area contributed by atoms with E-state index in [1.165, 1.54) is 103 Å². The largest absolute Gasteiger partial charge is 0.494 e. The Morgan fingerprint density at radius 1 is 0.793 bits per heavy atom. The summed E-state index contributed by atoms with van der Waals surface area (Å²) in [5.41, 5.74) is 2.55. The molecule has 7 nitrogen and oxygen atoms in total. The Balaban J connectivity index is 1.07. The summed E-state index contributed by atoms with van der Waals surface area (Å²) >= 11 is 13.1. The predicted molar refractivity (Wildman–Crippen MR) is 236 cm³/mol. The summed E-state index contributed by atoms with van der Waals surface area (Å²) in [5.74, 6) is 3.91. The lowest BCUT2D eigenvalue weighted by atomic mass is 9.44. The average molecular weight is 839 g/mol. The number of carboxylic acid groups (broad SMARTS) is 2. The van der Waals surface area contributed by atoms with Crippen LogP contribution in [-0.2, 0) is 0 Å². The fraction of sp³-hybridized carbons (Fsp3) is 0.673. The van der Waals surface area contributed by atoms with Crippen LogP contribution in [0.3, 0.4) is 0 Å². The van der Waals surface area contributed by atoms with E-state index in [2.05, 4.69) is 39.9 Å². The summed E-state index contributed by atoms with van der Waals surface area (Å²) in [6, 6.07) is 6.88. The van der Waals surface area contributed by atoms with Gasteiger partial charge in [-0.25, -0.2) is 9.59 Å². The minimum Gasteiger partial charge on any atom is -0.494 e. The second-order valence-corrected chi connectivity index (χ2v) is 20.2. The lowest BCUT2D eigenvalue weighted by Crippen LogP contribution is -2.55. The molecule has 9 atom stereocenters. The van der Waals surface area contributed by atoms with E-state index in [1.54, 1.807) is 12.1 Å². The molecule has 0 amide bonds. The van der Waals surface area contributed by atoms with Gasteiger partial charge in [0, 0.05) is 6.04 Å². The van der Waals surface area contributed by atoms with Crippen LogP contribution in [0.1, 0.15) is 163 Å². The summed E-state index contributed by atoms with van der Waals surface area (Å²) in [5, 5.41) is 24.2. The third-order valence-corrected chi connectivity index (χ3v) is 16.4. The average Bonchev–Trinajstić information content (AvgIpc) is 3.54. The lowest BCUT2D eigenvalue weighted by Gasteiger charge is -2.61. The van der Waals surface area contributed by atoms with Crippen molar-refractivity contribution in [1.82, 2.24) is 5.32 Å². The zero-order valence-corrected chi connectivity index (χ0v) is 37.6. The molecule has 4 aliphatic rings. The number of halogens is 2. The number of methoxy groups -OCH3 is 2. The summed E-state index contributed by atoms with van der Waals surface area (Å²) in [6.07, 6.45) is 21.3. The molecule has 9 heteroatoms. The Morgan fingerprint density at radius 2 is 1.40 bits per heavy atom. The molecule has 6 rings (SSSR count). The molecule has 0 aromatic heterocycles. The van der Waals surface area contributed by atoms with Crippen molar-refractivity contribution in [2.24, 2.45) is 52.3 Å². The molecule has 0 radical (unpaired) electrons. The highest BCUT2D eigenvalue weighted by molar-refractivity contribution is 6.33. The number of aromatic carboxylic acids is 2. The molecule has 0 aliphatic heterocycles. The molecular formula is C49H69Cl2NO6. The number of ether oxygens (including phenoxy) is 2. The van der Waals surface area contributed by atoms with Crippen LogP contribution in [0.5, 0.6) is 11.5 Å². The van der Waals surface area contributed by atoms with Crippen molar-refractivity contribution in [3.8, 4) is 11.5 Å². The van der Waals surface area contributed by atoms with Crippen LogP contribution in [-0.4, -0.2) is 49.0 Å². The van der Waals surface area contributed by atoms with Gasteiger partial charge in [-0.1, -0.05) is 83.2 Å². The van der Waals surface area contributed by atoms with E-state index in [0.29, 0.717) is 40.0 Å². The number of fused-ring (bicyclic) bond motifs is 5. The SMILES string of the molecule is COc1c(Cl)cc(C(=CCCCCNC2CCC3(C)C(CCC4C3CCC3(C)C(C(C)CCCC(C)C)CCC43)C2)c2cc(Cl)c(OC)c(C(=O)O)c2)cc1C(=O)O. The van der Waals surface area contributed by atoms with Crippen molar-refractivity contribution in [3.63, 3.8) is 0 Å². The zero-order valence-electron chi connectivity index (χ0n) is 36.1. The minimum atomic E-state index is -1.18. The number of carboxylic acids is 2. The number of carbonyl (C=O) groups is 2. The van der Waals surface area contributed by atoms with Gasteiger partial charge in [0.05, 0.1) is 24.3 Å². The van der Waals surface area contributed by atoms with E-state index in [4.69, 9.17) is 32.7 Å². The van der Waals surface area contributed by atoms with E-state index in [-0.39, 0.29) is 32.7 Å². The third kappa shape index (κ3) is 9.12. The van der Waals surface area contributed by atoms with E-state index < -0.39 is 11.9 Å². The highest BCUT2D eigenvalue weighted by Crippen LogP contribution is 2.68. The normalized spacial score (nSPS) is 29.6. The molecule has 3 N–H and O–H groups in total. The van der Waals surface area contributed by atoms with Crippen LogP contribution >= 0.6 is 23.2 Å². The van der Waals surface area contributed by atoms with Crippen molar-refractivity contribution in [1.29, 1.82) is 0 Å². The molecule has 9 unspecified atom stereocenters. The summed E-state index contributed by atoms with van der Waals surface area (Å²) in [4.78, 5) is 24.4. The maximum atomic E-state index is 12.2. The quantitative estimate of drug-likeness (QED) is 0.136. The second kappa shape index (κ2) is 18.9. The first-order valence-corrected chi connectivity index (χ1v) is 23.0. The van der Waals surface area contributed by atoms with Gasteiger partial charge in [0.15, 0.2) is 11.5 Å². The topological polar surface area (TPSA) is 105 Å². The first kappa shape index (κ1) is 44.8. The molecule has 58 heavy (non-hydrogen) atoms. The Kier molecular flexibility index (Phi) is 14.6. The van der Waals surface area contributed by atoms with E-state index >= 15 is 0 Å². The van der Waals surface area contributed by atoms with E-state index in [1.807, 2.05) is 6.08 Å². The molecule has 2 aromatic carbocycles. The molecule has 0 spiro atoms. The molecule has 320 valence electrons. The summed E-state index contributed by atoms with van der Waals surface area (Å²) < 4.78 is 10.6. The van der Waals surface area contributed by atoms with Crippen molar-refractivity contribution < 1.29 is 29.3 Å². The van der Waals surface area contributed by atoms with Crippen molar-refractivity contribution in [3.05, 3.63) is 62.6 Å². The number of allylic oxidation sites excluding steroid dienone is 1. The highest BCUT2D eigenvalue weighted by atomic mass is 35.5. The monoisotopic (exact) mass is 837 g/mol. The fourth-order valence-corrected chi connectivity index (χ4v) is 13.5. The van der Waals surface area contributed by atoms with Gasteiger partial charge in [-0.2, -0.15) is 0 Å². The first-order chi connectivity index (χ1) is 27.6. The number of rotatable bonds is 17. The summed E-state index contributed by atoms with van der Waals surface area (Å²) in [7, 11) is 2.76. The molecule has 0 saturated heterocycles. The Hall–Kier alpha value is -2.74. The summed E-state index contributed by atoms with van der Waals surface area (Å²) in [6.45, 7) is 13.7. The van der Waals surface area contributed by atoms with Crippen molar-refractivity contribution >= 4 is 40.7 Å². The maximum absolute atomic E-state index is 12.2. The predicted octanol–water partition coefficient (Wildman–Crippen LogP) is 13.1. The van der Waals surface area contributed by atoms with Gasteiger partial charge in [0.25, 0.3) is 0 Å². The molecular weight excluding hydrogens is 769 g/mol. The maximum Gasteiger partial charge on any atom is 0.339 e. The standard InChI is InChI=1S/C49H69Cl2NO6/c1-29(2)12-11-13-30(3)39-17-18-40-36-16-15-33-28-34(19-21-48(33,4)41(36)20-22-49(39,40)5)52-23-10-8-9-14-35(31-24-37(46(53)54)44(57-6)42(50)26-31)32-25-38(47(55)56)45(58-7)43(51)27-32/h14,24-27,29-30,33-34,36,39-41,52H,8-13,15-23,28H2,1-7H3,(H,53,54)(H,55,56). The molecule has 4 fully saturated rings. The van der Waals surface area contributed by atoms with Crippen LogP contribution in [0.25, 0.3) is 5.57 Å². The number of unbranched alkanes of at least 4 members (excludes halogenated alkanes) is 2. The zero-order chi connectivity index (χ0) is 41.9. The smallest absolute Gasteiger partial charge is 0.339 e. The van der Waals surface area contributed by atoms with Gasteiger partial charge >= 0.3 is 11.9 Å². The highest BCUT2D eigenvalue weighted by Gasteiger charge is 2.60.